The second-order valence-electron chi connectivity index (χ2n) is 6.73. The van der Waals surface area contributed by atoms with Crippen molar-refractivity contribution in [2.45, 2.75) is 63.8 Å². The van der Waals surface area contributed by atoms with Crippen molar-refractivity contribution in [2.24, 2.45) is 0 Å². The minimum absolute atomic E-state index is 0.221. The van der Waals surface area contributed by atoms with Crippen LogP contribution < -0.4 is 4.72 Å². The lowest BCUT2D eigenvalue weighted by Crippen LogP contribution is -2.43. The standard InChI is InChI=1S/C15H24INO2S/c1-7-15(5,6)17-20(18,19)13-9-8-11(16)10-12(13)14(2,3)4/h8-10,17H,7H2,1-6H3. The Kier molecular flexibility index (Phi) is 5.31. The van der Waals surface area contributed by atoms with Crippen LogP contribution in [0.3, 0.4) is 0 Å². The predicted molar refractivity (Wildman–Crippen MR) is 92.6 cm³/mol. The molecule has 0 aliphatic rings. The normalized spacial score (nSPS) is 13.6. The molecule has 0 heterocycles. The van der Waals surface area contributed by atoms with Crippen LogP contribution in [0, 0.1) is 3.57 Å². The monoisotopic (exact) mass is 409 g/mol. The van der Waals surface area contributed by atoms with E-state index in [0.29, 0.717) is 4.90 Å². The third-order valence-corrected chi connectivity index (χ3v) is 5.76. The van der Waals surface area contributed by atoms with Crippen LogP contribution in [0.4, 0.5) is 0 Å². The zero-order chi connectivity index (χ0) is 15.8. The molecule has 0 amide bonds. The number of hydrogen-bond acceptors (Lipinski definition) is 2. The van der Waals surface area contributed by atoms with Crippen LogP contribution >= 0.6 is 22.6 Å². The molecule has 5 heteroatoms. The lowest BCUT2D eigenvalue weighted by atomic mass is 9.87. The number of nitrogens with one attached hydrogen (secondary N) is 1. The van der Waals surface area contributed by atoms with E-state index >= 15 is 0 Å². The minimum Gasteiger partial charge on any atom is -0.207 e. The molecule has 3 nitrogen and oxygen atoms in total. The number of hydrogen-bond donors (Lipinski definition) is 1. The Hall–Kier alpha value is -0.140. The minimum atomic E-state index is -3.51. The molecule has 0 aliphatic carbocycles. The molecule has 0 spiro atoms. The number of halogens is 1. The van der Waals surface area contributed by atoms with Gasteiger partial charge in [0, 0.05) is 9.11 Å². The van der Waals surface area contributed by atoms with Crippen molar-refractivity contribution in [1.82, 2.24) is 4.72 Å². The van der Waals surface area contributed by atoms with E-state index in [1.165, 1.54) is 0 Å². The van der Waals surface area contributed by atoms with Crippen molar-refractivity contribution in [2.75, 3.05) is 0 Å². The second-order valence-corrected chi connectivity index (χ2v) is 9.63. The smallest absolute Gasteiger partial charge is 0.207 e. The molecule has 0 aromatic heterocycles. The lowest BCUT2D eigenvalue weighted by Gasteiger charge is -2.28. The summed E-state index contributed by atoms with van der Waals surface area (Å²) in [4.78, 5) is 0.381. The van der Waals surface area contributed by atoms with Crippen LogP contribution in [-0.2, 0) is 15.4 Å². The molecule has 1 aromatic carbocycles. The van der Waals surface area contributed by atoms with Crippen LogP contribution in [0.25, 0.3) is 0 Å². The Morgan fingerprint density at radius 3 is 2.15 bits per heavy atom. The van der Waals surface area contributed by atoms with Gasteiger partial charge in [-0.2, -0.15) is 0 Å². The largest absolute Gasteiger partial charge is 0.241 e. The zero-order valence-corrected chi connectivity index (χ0v) is 16.0. The van der Waals surface area contributed by atoms with Crippen molar-refractivity contribution in [1.29, 1.82) is 0 Å². The molecule has 0 atom stereocenters. The quantitative estimate of drug-likeness (QED) is 0.763. The van der Waals surface area contributed by atoms with Crippen molar-refractivity contribution in [3.8, 4) is 0 Å². The molecular formula is C15H24INO2S. The average molecular weight is 409 g/mol. The van der Waals surface area contributed by atoms with Crippen molar-refractivity contribution in [3.05, 3.63) is 27.3 Å². The number of rotatable bonds is 4. The van der Waals surface area contributed by atoms with Gasteiger partial charge in [0.05, 0.1) is 4.90 Å². The fraction of sp³-hybridized carbons (Fsp3) is 0.600. The summed E-state index contributed by atoms with van der Waals surface area (Å²) in [7, 11) is -3.51. The van der Waals surface area contributed by atoms with Gasteiger partial charge >= 0.3 is 0 Å². The van der Waals surface area contributed by atoms with Gasteiger partial charge in [0.25, 0.3) is 0 Å². The van der Waals surface area contributed by atoms with E-state index < -0.39 is 15.6 Å². The van der Waals surface area contributed by atoms with Gasteiger partial charge in [-0.05, 0) is 72.0 Å². The van der Waals surface area contributed by atoms with Gasteiger partial charge < -0.3 is 0 Å². The maximum atomic E-state index is 12.7. The van der Waals surface area contributed by atoms with Gasteiger partial charge in [-0.15, -0.1) is 0 Å². The molecule has 114 valence electrons. The fourth-order valence-electron chi connectivity index (χ4n) is 1.81. The highest BCUT2D eigenvalue weighted by molar-refractivity contribution is 14.1. The van der Waals surface area contributed by atoms with Crippen LogP contribution in [0.15, 0.2) is 23.1 Å². The molecule has 0 bridgehead atoms. The Bertz CT molecular complexity index is 586. The Labute approximate surface area is 136 Å². The van der Waals surface area contributed by atoms with Gasteiger partial charge in [0.15, 0.2) is 0 Å². The summed E-state index contributed by atoms with van der Waals surface area (Å²) in [6, 6.07) is 5.49. The molecule has 0 saturated heterocycles. The summed E-state index contributed by atoms with van der Waals surface area (Å²) in [5.74, 6) is 0. The first-order valence-corrected chi connectivity index (χ1v) is 9.29. The van der Waals surface area contributed by atoms with Gasteiger partial charge in [0.2, 0.25) is 10.0 Å². The Morgan fingerprint density at radius 2 is 1.70 bits per heavy atom. The molecular weight excluding hydrogens is 385 g/mol. The van der Waals surface area contributed by atoms with Gasteiger partial charge in [-0.25, -0.2) is 13.1 Å². The molecule has 0 radical (unpaired) electrons. The van der Waals surface area contributed by atoms with Crippen LogP contribution in [0.2, 0.25) is 0 Å². The summed E-state index contributed by atoms with van der Waals surface area (Å²) in [5, 5.41) is 0. The number of benzene rings is 1. The molecule has 0 unspecified atom stereocenters. The number of sulfonamides is 1. The summed E-state index contributed by atoms with van der Waals surface area (Å²) in [6.45, 7) is 11.9. The third kappa shape index (κ3) is 4.43. The average Bonchev–Trinajstić information content (AvgIpc) is 2.26. The Balaban J connectivity index is 3.40. The van der Waals surface area contributed by atoms with Crippen molar-refractivity contribution >= 4 is 32.6 Å². The molecule has 0 fully saturated rings. The lowest BCUT2D eigenvalue weighted by molar-refractivity contribution is 0.438. The summed E-state index contributed by atoms with van der Waals surface area (Å²) in [6.07, 6.45) is 0.738. The molecule has 0 saturated carbocycles. The van der Waals surface area contributed by atoms with E-state index in [1.54, 1.807) is 6.07 Å². The zero-order valence-electron chi connectivity index (χ0n) is 13.0. The van der Waals surface area contributed by atoms with E-state index in [4.69, 9.17) is 0 Å². The van der Waals surface area contributed by atoms with Gasteiger partial charge in [-0.3, -0.25) is 0 Å². The highest BCUT2D eigenvalue weighted by Gasteiger charge is 2.29. The van der Waals surface area contributed by atoms with E-state index in [-0.39, 0.29) is 5.41 Å². The van der Waals surface area contributed by atoms with Crippen molar-refractivity contribution < 1.29 is 8.42 Å². The van der Waals surface area contributed by atoms with E-state index in [1.807, 2.05) is 53.7 Å². The van der Waals surface area contributed by atoms with E-state index in [2.05, 4.69) is 27.3 Å². The summed E-state index contributed by atoms with van der Waals surface area (Å²) < 4.78 is 29.2. The van der Waals surface area contributed by atoms with Gasteiger partial charge in [-0.1, -0.05) is 27.7 Å². The first-order valence-electron chi connectivity index (χ1n) is 6.73. The Morgan fingerprint density at radius 1 is 1.15 bits per heavy atom. The molecule has 20 heavy (non-hydrogen) atoms. The highest BCUT2D eigenvalue weighted by atomic mass is 127. The van der Waals surface area contributed by atoms with Gasteiger partial charge in [0.1, 0.15) is 0 Å². The first-order chi connectivity index (χ1) is 8.89. The predicted octanol–water partition coefficient (Wildman–Crippen LogP) is 4.06. The van der Waals surface area contributed by atoms with E-state index in [9.17, 15) is 8.42 Å². The van der Waals surface area contributed by atoms with Crippen LogP contribution in [-0.4, -0.2) is 14.0 Å². The third-order valence-electron chi connectivity index (χ3n) is 3.33. The fourth-order valence-corrected chi connectivity index (χ4v) is 4.19. The maximum absolute atomic E-state index is 12.7. The first kappa shape index (κ1) is 17.9. The molecule has 1 rings (SSSR count). The SMILES string of the molecule is CCC(C)(C)NS(=O)(=O)c1ccc(I)cc1C(C)(C)C. The molecule has 0 aliphatic heterocycles. The maximum Gasteiger partial charge on any atom is 0.241 e. The second kappa shape index (κ2) is 5.93. The molecule has 1 N–H and O–H groups in total. The topological polar surface area (TPSA) is 46.2 Å². The van der Waals surface area contributed by atoms with Crippen LogP contribution in [0.1, 0.15) is 53.5 Å². The van der Waals surface area contributed by atoms with Crippen LogP contribution in [0.5, 0.6) is 0 Å². The molecule has 1 aromatic rings. The highest BCUT2D eigenvalue weighted by Crippen LogP contribution is 2.31. The van der Waals surface area contributed by atoms with E-state index in [0.717, 1.165) is 15.6 Å². The summed E-state index contributed by atoms with van der Waals surface area (Å²) >= 11 is 2.21. The summed E-state index contributed by atoms with van der Waals surface area (Å²) in [5.41, 5.74) is 0.183. The van der Waals surface area contributed by atoms with Crippen molar-refractivity contribution in [3.63, 3.8) is 0 Å².